The van der Waals surface area contributed by atoms with Crippen LogP contribution in [-0.2, 0) is 0 Å². The van der Waals surface area contributed by atoms with Gasteiger partial charge in [0.25, 0.3) is 0 Å². The van der Waals surface area contributed by atoms with Crippen LogP contribution in [0.1, 0.15) is 12.5 Å². The van der Waals surface area contributed by atoms with Gasteiger partial charge in [-0.25, -0.2) is 0 Å². The Kier molecular flexibility index (Phi) is 3.96. The van der Waals surface area contributed by atoms with Crippen LogP contribution in [0.4, 0.5) is 0 Å². The van der Waals surface area contributed by atoms with E-state index in [1.807, 2.05) is 0 Å². The van der Waals surface area contributed by atoms with Gasteiger partial charge in [-0.05, 0) is 19.1 Å². The number of rotatable bonds is 3. The Morgan fingerprint density at radius 2 is 2.00 bits per heavy atom. The van der Waals surface area contributed by atoms with Gasteiger partial charge in [-0.15, -0.1) is 0 Å². The van der Waals surface area contributed by atoms with Crippen molar-refractivity contribution in [2.24, 2.45) is 5.16 Å². The van der Waals surface area contributed by atoms with Crippen molar-refractivity contribution in [2.45, 2.75) is 6.92 Å². The number of ether oxygens (including phenoxy) is 2. The third kappa shape index (κ3) is 2.41. The summed E-state index contributed by atoms with van der Waals surface area (Å²) in [6.07, 6.45) is 0. The zero-order valence-electron chi connectivity index (χ0n) is 8.74. The molecule has 82 valence electrons. The minimum atomic E-state index is 0.464. The second kappa shape index (κ2) is 5.02. The largest absolute Gasteiger partial charge is 0.493 e. The highest BCUT2D eigenvalue weighted by Gasteiger charge is 2.13. The molecule has 0 aliphatic carbocycles. The first-order valence-electron chi connectivity index (χ1n) is 4.24. The van der Waals surface area contributed by atoms with E-state index >= 15 is 0 Å². The average molecular weight is 274 g/mol. The summed E-state index contributed by atoms with van der Waals surface area (Å²) in [6, 6.07) is 3.59. The fraction of sp³-hybridized carbons (Fsp3) is 0.300. The number of benzene rings is 1. The molecule has 0 unspecified atom stereocenters. The molecule has 5 heteroatoms. The van der Waals surface area contributed by atoms with Crippen molar-refractivity contribution < 1.29 is 14.7 Å². The quantitative estimate of drug-likeness (QED) is 0.523. The molecule has 0 radical (unpaired) electrons. The Hall–Kier alpha value is -1.23. The monoisotopic (exact) mass is 273 g/mol. The molecule has 4 nitrogen and oxygen atoms in total. The molecule has 1 N–H and O–H groups in total. The molecule has 0 aliphatic rings. The third-order valence-corrected chi connectivity index (χ3v) is 2.44. The van der Waals surface area contributed by atoms with Crippen LogP contribution in [0.15, 0.2) is 21.8 Å². The molecule has 1 aromatic rings. The number of nitrogens with zero attached hydrogens (tertiary/aromatic N) is 1. The third-order valence-electron chi connectivity index (χ3n) is 1.98. The van der Waals surface area contributed by atoms with Gasteiger partial charge in [0.05, 0.1) is 19.9 Å². The Labute approximate surface area is 96.6 Å². The van der Waals surface area contributed by atoms with Crippen molar-refractivity contribution in [2.75, 3.05) is 14.2 Å². The van der Waals surface area contributed by atoms with E-state index < -0.39 is 0 Å². The first-order valence-corrected chi connectivity index (χ1v) is 5.04. The molecule has 0 saturated carbocycles. The molecule has 1 aromatic carbocycles. The lowest BCUT2D eigenvalue weighted by atomic mass is 10.1. The normalized spacial score (nSPS) is 11.3. The summed E-state index contributed by atoms with van der Waals surface area (Å²) < 4.78 is 11.2. The van der Waals surface area contributed by atoms with Gasteiger partial charge >= 0.3 is 0 Å². The highest BCUT2D eigenvalue weighted by molar-refractivity contribution is 9.10. The number of halogens is 1. The van der Waals surface area contributed by atoms with Crippen LogP contribution in [0.25, 0.3) is 0 Å². The van der Waals surface area contributed by atoms with Crippen molar-refractivity contribution in [1.82, 2.24) is 0 Å². The molecule has 0 fully saturated rings. The molecule has 0 atom stereocenters. The maximum atomic E-state index is 8.74. The fourth-order valence-electron chi connectivity index (χ4n) is 1.25. The number of oxime groups is 1. The summed E-state index contributed by atoms with van der Waals surface area (Å²) in [5.41, 5.74) is 1.15. The van der Waals surface area contributed by atoms with Crippen LogP contribution in [0.3, 0.4) is 0 Å². The molecule has 0 saturated heterocycles. The van der Waals surface area contributed by atoms with Crippen LogP contribution in [0.5, 0.6) is 11.5 Å². The van der Waals surface area contributed by atoms with Gasteiger partial charge < -0.3 is 14.7 Å². The molecule has 1 rings (SSSR count). The first-order chi connectivity index (χ1) is 7.13. The van der Waals surface area contributed by atoms with Crippen molar-refractivity contribution in [3.8, 4) is 11.5 Å². The predicted octanol–water partition coefficient (Wildman–Crippen LogP) is 2.66. The van der Waals surface area contributed by atoms with Gasteiger partial charge in [0.1, 0.15) is 0 Å². The lowest BCUT2D eigenvalue weighted by molar-refractivity contribution is 0.318. The fourth-order valence-corrected chi connectivity index (χ4v) is 1.69. The van der Waals surface area contributed by atoms with Gasteiger partial charge in [0, 0.05) is 10.0 Å². The van der Waals surface area contributed by atoms with E-state index in [1.54, 1.807) is 33.3 Å². The second-order valence-electron chi connectivity index (χ2n) is 2.87. The Morgan fingerprint density at radius 1 is 1.33 bits per heavy atom. The maximum absolute atomic E-state index is 8.74. The Bertz CT molecular complexity index is 390. The van der Waals surface area contributed by atoms with Gasteiger partial charge in [-0.1, -0.05) is 21.1 Å². The number of hydrogen-bond donors (Lipinski definition) is 1. The van der Waals surface area contributed by atoms with Gasteiger partial charge in [-0.2, -0.15) is 0 Å². The molecule has 0 spiro atoms. The SMILES string of the molecule is COc1cc(Br)cc(C(C)=NO)c1OC. The summed E-state index contributed by atoms with van der Waals surface area (Å²) in [4.78, 5) is 0. The lowest BCUT2D eigenvalue weighted by Crippen LogP contribution is -2.01. The molecule has 0 heterocycles. The van der Waals surface area contributed by atoms with Crippen molar-refractivity contribution in [1.29, 1.82) is 0 Å². The zero-order chi connectivity index (χ0) is 11.4. The van der Waals surface area contributed by atoms with Crippen molar-refractivity contribution in [3.05, 3.63) is 22.2 Å². The van der Waals surface area contributed by atoms with E-state index in [2.05, 4.69) is 21.1 Å². The molecule has 15 heavy (non-hydrogen) atoms. The summed E-state index contributed by atoms with van der Waals surface area (Å²) in [7, 11) is 3.10. The minimum Gasteiger partial charge on any atom is -0.493 e. The van der Waals surface area contributed by atoms with Crippen LogP contribution in [0, 0.1) is 0 Å². The molecular weight excluding hydrogens is 262 g/mol. The number of methoxy groups -OCH3 is 2. The highest BCUT2D eigenvalue weighted by Crippen LogP contribution is 2.34. The molecule has 0 bridgehead atoms. The molecule has 0 aliphatic heterocycles. The zero-order valence-corrected chi connectivity index (χ0v) is 10.3. The second-order valence-corrected chi connectivity index (χ2v) is 3.79. The smallest absolute Gasteiger partial charge is 0.169 e. The van der Waals surface area contributed by atoms with Crippen molar-refractivity contribution >= 4 is 21.6 Å². The van der Waals surface area contributed by atoms with E-state index in [-0.39, 0.29) is 0 Å². The Balaban J connectivity index is 3.42. The van der Waals surface area contributed by atoms with Gasteiger partial charge in [0.15, 0.2) is 11.5 Å². The summed E-state index contributed by atoms with van der Waals surface area (Å²) in [6.45, 7) is 1.68. The summed E-state index contributed by atoms with van der Waals surface area (Å²) >= 11 is 3.34. The molecule has 0 amide bonds. The Morgan fingerprint density at radius 3 is 2.47 bits per heavy atom. The summed E-state index contributed by atoms with van der Waals surface area (Å²) in [5.74, 6) is 1.14. The lowest BCUT2D eigenvalue weighted by Gasteiger charge is -2.12. The van der Waals surface area contributed by atoms with Gasteiger partial charge in [0.2, 0.25) is 0 Å². The predicted molar refractivity (Wildman–Crippen MR) is 61.2 cm³/mol. The van der Waals surface area contributed by atoms with E-state index in [0.29, 0.717) is 22.8 Å². The van der Waals surface area contributed by atoms with E-state index in [4.69, 9.17) is 14.7 Å². The van der Waals surface area contributed by atoms with E-state index in [9.17, 15) is 0 Å². The van der Waals surface area contributed by atoms with Gasteiger partial charge in [-0.3, -0.25) is 0 Å². The topological polar surface area (TPSA) is 51.0 Å². The summed E-state index contributed by atoms with van der Waals surface area (Å²) in [5, 5.41) is 11.9. The standard InChI is InChI=1S/C10H12BrNO3/c1-6(12-13)8-4-7(11)5-9(14-2)10(8)15-3/h4-5,13H,1-3H3. The van der Waals surface area contributed by atoms with Crippen LogP contribution >= 0.6 is 15.9 Å². The minimum absolute atomic E-state index is 0.464. The molecule has 0 aromatic heterocycles. The van der Waals surface area contributed by atoms with Crippen molar-refractivity contribution in [3.63, 3.8) is 0 Å². The van der Waals surface area contributed by atoms with E-state index in [1.165, 1.54) is 0 Å². The average Bonchev–Trinajstić information content (AvgIpc) is 2.26. The maximum Gasteiger partial charge on any atom is 0.169 e. The molecular formula is C10H12BrNO3. The van der Waals surface area contributed by atoms with Crippen LogP contribution < -0.4 is 9.47 Å². The first kappa shape index (κ1) is 11.8. The van der Waals surface area contributed by atoms with E-state index in [0.717, 1.165) is 4.47 Å². The van der Waals surface area contributed by atoms with Crippen LogP contribution in [-0.4, -0.2) is 25.1 Å². The highest BCUT2D eigenvalue weighted by atomic mass is 79.9. The van der Waals surface area contributed by atoms with Crippen LogP contribution in [0.2, 0.25) is 0 Å². The number of hydrogen-bond acceptors (Lipinski definition) is 4.